The van der Waals surface area contributed by atoms with Crippen molar-refractivity contribution in [2.75, 3.05) is 0 Å². The smallest absolute Gasteiger partial charge is 0.0336 e. The molecule has 0 bridgehead atoms. The first-order valence-electron chi connectivity index (χ1n) is 4.89. The van der Waals surface area contributed by atoms with Gasteiger partial charge in [0.05, 0.1) is 0 Å². The van der Waals surface area contributed by atoms with E-state index in [9.17, 15) is 0 Å². The lowest BCUT2D eigenvalue weighted by Gasteiger charge is -1.91. The predicted octanol–water partition coefficient (Wildman–Crippen LogP) is 4.05. The van der Waals surface area contributed by atoms with Gasteiger partial charge in [0.25, 0.3) is 0 Å². The third-order valence-corrected chi connectivity index (χ3v) is 3.26. The highest BCUT2D eigenvalue weighted by molar-refractivity contribution is 6.20. The summed E-state index contributed by atoms with van der Waals surface area (Å²) in [5.74, 6) is 1.73. The predicted molar refractivity (Wildman–Crippen MR) is 56.1 cm³/mol. The first-order valence-corrected chi connectivity index (χ1v) is 5.76. The zero-order valence-electron chi connectivity index (χ0n) is 7.89. The normalized spacial score (nSPS) is 27.0. The standard InChI is InChI=1S/2C5H9Cl/c2*1-4(6)5-2-3-5/h2*4-5H,2-3H2,1H3. The number of halogens is 2. The molecule has 72 valence electrons. The van der Waals surface area contributed by atoms with Crippen molar-refractivity contribution in [2.45, 2.75) is 50.3 Å². The molecule has 2 unspecified atom stereocenters. The van der Waals surface area contributed by atoms with Crippen molar-refractivity contribution in [1.82, 2.24) is 0 Å². The molecule has 0 radical (unpaired) electrons. The van der Waals surface area contributed by atoms with Gasteiger partial charge in [0.2, 0.25) is 0 Å². The van der Waals surface area contributed by atoms with Gasteiger partial charge in [-0.05, 0) is 51.4 Å². The molecule has 0 aromatic rings. The van der Waals surface area contributed by atoms with Gasteiger partial charge in [0.15, 0.2) is 0 Å². The van der Waals surface area contributed by atoms with Gasteiger partial charge in [-0.1, -0.05) is 0 Å². The topological polar surface area (TPSA) is 0 Å². The largest absolute Gasteiger partial charge is 0.123 e. The monoisotopic (exact) mass is 208 g/mol. The summed E-state index contributed by atoms with van der Waals surface area (Å²) in [6.07, 6.45) is 5.46. The molecule has 0 nitrogen and oxygen atoms in total. The molecule has 2 aliphatic rings. The van der Waals surface area contributed by atoms with Crippen LogP contribution in [0.3, 0.4) is 0 Å². The van der Waals surface area contributed by atoms with Gasteiger partial charge in [-0.2, -0.15) is 0 Å². The highest BCUT2D eigenvalue weighted by Crippen LogP contribution is 2.35. The molecular weight excluding hydrogens is 191 g/mol. The van der Waals surface area contributed by atoms with Gasteiger partial charge in [0, 0.05) is 10.8 Å². The molecule has 0 saturated heterocycles. The first kappa shape index (κ1) is 10.7. The number of hydrogen-bond acceptors (Lipinski definition) is 0. The first-order chi connectivity index (χ1) is 5.61. The second-order valence-electron chi connectivity index (χ2n) is 4.03. The Hall–Kier alpha value is 0.580. The van der Waals surface area contributed by atoms with E-state index in [1.165, 1.54) is 25.7 Å². The Bertz CT molecular complexity index is 108. The molecule has 2 fully saturated rings. The quantitative estimate of drug-likeness (QED) is 0.602. The number of hydrogen-bond donors (Lipinski definition) is 0. The van der Waals surface area contributed by atoms with E-state index >= 15 is 0 Å². The summed E-state index contributed by atoms with van der Waals surface area (Å²) in [4.78, 5) is 0. The molecule has 2 aliphatic carbocycles. The van der Waals surface area contributed by atoms with Crippen LogP contribution in [0.25, 0.3) is 0 Å². The van der Waals surface area contributed by atoms with E-state index in [4.69, 9.17) is 23.2 Å². The number of rotatable bonds is 2. The van der Waals surface area contributed by atoms with Crippen LogP contribution in [0.5, 0.6) is 0 Å². The fourth-order valence-corrected chi connectivity index (χ4v) is 1.62. The van der Waals surface area contributed by atoms with E-state index in [0.717, 1.165) is 11.8 Å². The second-order valence-corrected chi connectivity index (χ2v) is 5.41. The van der Waals surface area contributed by atoms with Crippen molar-refractivity contribution < 1.29 is 0 Å². The molecule has 0 heterocycles. The molecule has 12 heavy (non-hydrogen) atoms. The fourth-order valence-electron chi connectivity index (χ4n) is 1.11. The summed E-state index contributed by atoms with van der Waals surface area (Å²) in [6.45, 7) is 4.14. The van der Waals surface area contributed by atoms with Crippen molar-refractivity contribution in [2.24, 2.45) is 11.8 Å². The lowest BCUT2D eigenvalue weighted by atomic mass is 10.3. The molecule has 0 aromatic carbocycles. The van der Waals surface area contributed by atoms with Gasteiger partial charge < -0.3 is 0 Å². The zero-order chi connectivity index (χ0) is 9.14. The van der Waals surface area contributed by atoms with Crippen molar-refractivity contribution in [3.05, 3.63) is 0 Å². The van der Waals surface area contributed by atoms with E-state index in [2.05, 4.69) is 13.8 Å². The van der Waals surface area contributed by atoms with Crippen LogP contribution in [0.2, 0.25) is 0 Å². The average Bonchev–Trinajstić information content (AvgIpc) is 2.85. The summed E-state index contributed by atoms with van der Waals surface area (Å²) in [7, 11) is 0. The van der Waals surface area contributed by atoms with E-state index < -0.39 is 0 Å². The van der Waals surface area contributed by atoms with Crippen LogP contribution >= 0.6 is 23.2 Å². The van der Waals surface area contributed by atoms with E-state index in [1.807, 2.05) is 0 Å². The number of alkyl halides is 2. The van der Waals surface area contributed by atoms with Gasteiger partial charge in [-0.3, -0.25) is 0 Å². The van der Waals surface area contributed by atoms with Crippen LogP contribution < -0.4 is 0 Å². The van der Waals surface area contributed by atoms with E-state index in [-0.39, 0.29) is 0 Å². The highest BCUT2D eigenvalue weighted by Gasteiger charge is 2.26. The molecule has 2 saturated carbocycles. The van der Waals surface area contributed by atoms with Crippen LogP contribution in [-0.2, 0) is 0 Å². The molecule has 0 N–H and O–H groups in total. The fraction of sp³-hybridized carbons (Fsp3) is 1.00. The Labute approximate surface area is 85.6 Å². The molecular formula is C10H18Cl2. The summed E-state index contributed by atoms with van der Waals surface area (Å²) in [5, 5.41) is 0.870. The minimum Gasteiger partial charge on any atom is -0.123 e. The van der Waals surface area contributed by atoms with Crippen LogP contribution in [0, 0.1) is 11.8 Å². The average molecular weight is 209 g/mol. The molecule has 0 spiro atoms. The molecule has 2 heteroatoms. The summed E-state index contributed by atoms with van der Waals surface area (Å²) < 4.78 is 0. The van der Waals surface area contributed by atoms with Gasteiger partial charge in [0.1, 0.15) is 0 Å². The van der Waals surface area contributed by atoms with Crippen LogP contribution in [0.15, 0.2) is 0 Å². The maximum atomic E-state index is 5.68. The Morgan fingerprint density at radius 1 is 0.833 bits per heavy atom. The molecule has 2 rings (SSSR count). The van der Waals surface area contributed by atoms with E-state index in [1.54, 1.807) is 0 Å². The van der Waals surface area contributed by atoms with E-state index in [0.29, 0.717) is 10.8 Å². The van der Waals surface area contributed by atoms with Crippen LogP contribution in [0.4, 0.5) is 0 Å². The summed E-state index contributed by atoms with van der Waals surface area (Å²) in [6, 6.07) is 0. The van der Waals surface area contributed by atoms with Crippen molar-refractivity contribution in [1.29, 1.82) is 0 Å². The summed E-state index contributed by atoms with van der Waals surface area (Å²) >= 11 is 11.4. The van der Waals surface area contributed by atoms with Crippen molar-refractivity contribution in [3.8, 4) is 0 Å². The SMILES string of the molecule is CC(Cl)C1CC1.CC(Cl)C1CC1. The van der Waals surface area contributed by atoms with Crippen LogP contribution in [0.1, 0.15) is 39.5 Å². The van der Waals surface area contributed by atoms with Gasteiger partial charge >= 0.3 is 0 Å². The zero-order valence-corrected chi connectivity index (χ0v) is 9.41. The van der Waals surface area contributed by atoms with Gasteiger partial charge in [-0.15, -0.1) is 23.2 Å². The maximum Gasteiger partial charge on any atom is 0.0336 e. The van der Waals surface area contributed by atoms with Crippen molar-refractivity contribution in [3.63, 3.8) is 0 Å². The van der Waals surface area contributed by atoms with Gasteiger partial charge in [-0.25, -0.2) is 0 Å². The maximum absolute atomic E-state index is 5.68. The minimum absolute atomic E-state index is 0.435. The Morgan fingerprint density at radius 2 is 1.08 bits per heavy atom. The molecule has 0 amide bonds. The Balaban J connectivity index is 0.000000120. The molecule has 2 atom stereocenters. The van der Waals surface area contributed by atoms with Crippen molar-refractivity contribution >= 4 is 23.2 Å². The molecule has 0 aromatic heterocycles. The Kier molecular flexibility index (Phi) is 4.19. The lowest BCUT2D eigenvalue weighted by molar-refractivity contribution is 0.809. The second kappa shape index (κ2) is 4.72. The molecule has 0 aliphatic heterocycles. The van der Waals surface area contributed by atoms with Crippen LogP contribution in [-0.4, -0.2) is 10.8 Å². The third kappa shape index (κ3) is 4.57. The minimum atomic E-state index is 0.435. The lowest BCUT2D eigenvalue weighted by Crippen LogP contribution is -1.89. The Morgan fingerprint density at radius 3 is 1.08 bits per heavy atom. The highest BCUT2D eigenvalue weighted by atomic mass is 35.5. The summed E-state index contributed by atoms with van der Waals surface area (Å²) in [5.41, 5.74) is 0. The third-order valence-electron chi connectivity index (χ3n) is 2.54.